The summed E-state index contributed by atoms with van der Waals surface area (Å²) in [6, 6.07) is 10.9. The molecule has 0 saturated carbocycles. The van der Waals surface area contributed by atoms with Gasteiger partial charge in [0.05, 0.1) is 5.69 Å². The van der Waals surface area contributed by atoms with E-state index in [1.54, 1.807) is 19.1 Å². The minimum Gasteiger partial charge on any atom is -0.507 e. The Bertz CT molecular complexity index is 962. The number of hydrogen-bond acceptors (Lipinski definition) is 2. The van der Waals surface area contributed by atoms with Crippen LogP contribution in [0.15, 0.2) is 36.4 Å². The lowest BCUT2D eigenvalue weighted by atomic mass is 9.86. The monoisotopic (exact) mass is 313 g/mol. The van der Waals surface area contributed by atoms with Gasteiger partial charge in [-0.1, -0.05) is 28.7 Å². The van der Waals surface area contributed by atoms with E-state index in [0.717, 1.165) is 16.7 Å². The first-order valence-electron chi connectivity index (χ1n) is 7.62. The Morgan fingerprint density at radius 3 is 2.39 bits per heavy atom. The van der Waals surface area contributed by atoms with Crippen LogP contribution < -0.4 is 15.6 Å². The maximum atomic E-state index is 14.8. The first-order chi connectivity index (χ1) is 10.8. The number of hydrogen-bond donors (Lipinski definition) is 1. The minimum atomic E-state index is -1.40. The van der Waals surface area contributed by atoms with Gasteiger partial charge in [0.25, 0.3) is 0 Å². The Balaban J connectivity index is 2.13. The second-order valence-electron chi connectivity index (χ2n) is 6.79. The molecule has 2 aliphatic rings. The fourth-order valence-corrected chi connectivity index (χ4v) is 3.63. The molecular weight excluding hydrogens is 296 g/mol. The molecule has 0 saturated heterocycles. The molecular formula is C19H17F2NO. The summed E-state index contributed by atoms with van der Waals surface area (Å²) < 4.78 is 29.4. The molecule has 1 atom stereocenters. The fraction of sp³-hybridized carbons (Fsp3) is 0.263. The van der Waals surface area contributed by atoms with Crippen molar-refractivity contribution in [2.45, 2.75) is 32.5 Å². The number of alkyl halides is 1. The second-order valence-corrected chi connectivity index (χ2v) is 6.79. The first-order valence-corrected chi connectivity index (χ1v) is 7.62. The predicted octanol–water partition coefficient (Wildman–Crippen LogP) is 3.37. The van der Waals surface area contributed by atoms with E-state index in [-0.39, 0.29) is 5.76 Å². The van der Waals surface area contributed by atoms with Gasteiger partial charge < -0.3 is 5.11 Å². The summed E-state index contributed by atoms with van der Waals surface area (Å²) in [5.74, 6) is 0.143. The molecule has 0 bridgehead atoms. The van der Waals surface area contributed by atoms with Crippen LogP contribution in [0.5, 0.6) is 0 Å². The minimum absolute atomic E-state index is 0.143. The summed E-state index contributed by atoms with van der Waals surface area (Å²) in [5, 5.41) is 12.1. The number of rotatable bonds is 0. The number of fused-ring (bicyclic) bond motifs is 4. The molecule has 4 rings (SSSR count). The highest BCUT2D eigenvalue weighted by Gasteiger charge is 2.42. The number of halogens is 2. The zero-order valence-electron chi connectivity index (χ0n) is 13.2. The molecule has 1 heterocycles. The maximum Gasteiger partial charge on any atom is 0.147 e. The molecule has 4 heteroatoms. The van der Waals surface area contributed by atoms with Gasteiger partial charge >= 0.3 is 0 Å². The summed E-state index contributed by atoms with van der Waals surface area (Å²) in [4.78, 5) is 0. The molecule has 0 amide bonds. The largest absolute Gasteiger partial charge is 0.507 e. The summed E-state index contributed by atoms with van der Waals surface area (Å²) in [6.07, 6.45) is -1.40. The van der Waals surface area contributed by atoms with E-state index in [4.69, 9.17) is 0 Å². The van der Waals surface area contributed by atoms with Crippen LogP contribution in [0.3, 0.4) is 0 Å². The molecule has 2 aromatic rings. The number of anilines is 1. The topological polar surface area (TPSA) is 23.5 Å². The number of aliphatic hydroxyl groups is 1. The maximum absolute atomic E-state index is 14.8. The van der Waals surface area contributed by atoms with Crippen molar-refractivity contribution in [1.82, 2.24) is 0 Å². The summed E-state index contributed by atoms with van der Waals surface area (Å²) in [6.45, 7) is 4.78. The van der Waals surface area contributed by atoms with Crippen molar-refractivity contribution in [3.8, 4) is 11.1 Å². The summed E-state index contributed by atoms with van der Waals surface area (Å²) >= 11 is 0. The Morgan fingerprint density at radius 2 is 1.70 bits per heavy atom. The second kappa shape index (κ2) is 4.34. The van der Waals surface area contributed by atoms with Crippen molar-refractivity contribution in [3.05, 3.63) is 52.4 Å². The average molecular weight is 313 g/mol. The van der Waals surface area contributed by atoms with Crippen LogP contribution in [-0.2, 0) is 0 Å². The van der Waals surface area contributed by atoms with Gasteiger partial charge in [-0.3, -0.25) is 0 Å². The quantitative estimate of drug-likeness (QED) is 0.754. The molecule has 1 unspecified atom stereocenters. The van der Waals surface area contributed by atoms with E-state index < -0.39 is 11.7 Å². The Kier molecular flexibility index (Phi) is 2.69. The molecule has 2 aromatic carbocycles. The van der Waals surface area contributed by atoms with Gasteiger partial charge in [0, 0.05) is 16.0 Å². The number of aliphatic hydroxyl groups excluding tert-OH is 1. The summed E-state index contributed by atoms with van der Waals surface area (Å²) in [7, 11) is 0. The lowest BCUT2D eigenvalue weighted by molar-refractivity contribution is 0.189. The van der Waals surface area contributed by atoms with Crippen LogP contribution >= 0.6 is 0 Å². The SMILES string of the molecule is CC1=c2cc3c(cc2N(F)C(C)(C)C1F)=C(O)c1ccccc1-3. The Labute approximate surface area is 132 Å². The smallest absolute Gasteiger partial charge is 0.147 e. The van der Waals surface area contributed by atoms with Gasteiger partial charge in [-0.25, -0.2) is 9.51 Å². The van der Waals surface area contributed by atoms with Crippen LogP contribution in [0.1, 0.15) is 26.3 Å². The standard InChI is InChI=1S/C19H17F2NO/c1-10-13-8-14-11-6-4-5-7-12(11)17(23)15(14)9-16(13)22(21)19(2,3)18(10)20/h4-9,18,23H,1-3H3. The van der Waals surface area contributed by atoms with Crippen LogP contribution in [0.4, 0.5) is 14.6 Å². The third-order valence-corrected chi connectivity index (χ3v) is 5.01. The van der Waals surface area contributed by atoms with Crippen molar-refractivity contribution in [1.29, 1.82) is 0 Å². The van der Waals surface area contributed by atoms with Gasteiger partial charge in [-0.15, -0.1) is 0 Å². The lowest BCUT2D eigenvalue weighted by Gasteiger charge is -2.39. The van der Waals surface area contributed by atoms with Gasteiger partial charge in [0.15, 0.2) is 0 Å². The van der Waals surface area contributed by atoms with E-state index in [9.17, 15) is 14.0 Å². The molecule has 2 nitrogen and oxygen atoms in total. The molecule has 0 spiro atoms. The zero-order chi connectivity index (χ0) is 16.5. The molecule has 0 radical (unpaired) electrons. The summed E-state index contributed by atoms with van der Waals surface area (Å²) in [5.41, 5.74) is 1.98. The van der Waals surface area contributed by atoms with Crippen LogP contribution in [0.2, 0.25) is 0 Å². The van der Waals surface area contributed by atoms with Gasteiger partial charge in [-0.2, -0.15) is 0 Å². The van der Waals surface area contributed by atoms with E-state index in [0.29, 0.717) is 26.8 Å². The molecule has 118 valence electrons. The van der Waals surface area contributed by atoms with Crippen LogP contribution in [0.25, 0.3) is 22.5 Å². The van der Waals surface area contributed by atoms with Crippen molar-refractivity contribution >= 4 is 17.0 Å². The number of benzene rings is 2. The molecule has 23 heavy (non-hydrogen) atoms. The Hall–Kier alpha value is -2.36. The highest BCUT2D eigenvalue weighted by molar-refractivity contribution is 5.88. The van der Waals surface area contributed by atoms with Gasteiger partial charge in [0.2, 0.25) is 0 Å². The third-order valence-electron chi connectivity index (χ3n) is 5.01. The average Bonchev–Trinajstić information content (AvgIpc) is 2.83. The van der Waals surface area contributed by atoms with Crippen molar-refractivity contribution in [2.24, 2.45) is 0 Å². The lowest BCUT2D eigenvalue weighted by Crippen LogP contribution is -2.53. The molecule has 1 aliphatic carbocycles. The Morgan fingerprint density at radius 1 is 1.04 bits per heavy atom. The molecule has 1 aliphatic heterocycles. The number of nitrogens with zero attached hydrogens (tertiary/aromatic N) is 1. The highest BCUT2D eigenvalue weighted by atomic mass is 19.2. The normalized spacial score (nSPS) is 21.1. The van der Waals surface area contributed by atoms with E-state index in [2.05, 4.69) is 0 Å². The molecule has 1 N–H and O–H groups in total. The zero-order valence-corrected chi connectivity index (χ0v) is 13.2. The van der Waals surface area contributed by atoms with Crippen molar-refractivity contribution in [2.75, 3.05) is 5.12 Å². The van der Waals surface area contributed by atoms with Gasteiger partial charge in [0.1, 0.15) is 17.5 Å². The first kappa shape index (κ1) is 14.2. The van der Waals surface area contributed by atoms with E-state index in [1.807, 2.05) is 24.3 Å². The van der Waals surface area contributed by atoms with Crippen LogP contribution in [-0.4, -0.2) is 16.8 Å². The van der Waals surface area contributed by atoms with Gasteiger partial charge in [-0.05, 0) is 49.6 Å². The fourth-order valence-electron chi connectivity index (χ4n) is 3.63. The van der Waals surface area contributed by atoms with Crippen molar-refractivity contribution in [3.63, 3.8) is 0 Å². The van der Waals surface area contributed by atoms with E-state index in [1.165, 1.54) is 13.8 Å². The highest BCUT2D eigenvalue weighted by Crippen LogP contribution is 2.37. The van der Waals surface area contributed by atoms with Crippen LogP contribution in [0, 0.1) is 0 Å². The molecule has 0 fully saturated rings. The molecule has 0 aromatic heterocycles. The predicted molar refractivity (Wildman–Crippen MR) is 87.9 cm³/mol. The van der Waals surface area contributed by atoms with E-state index >= 15 is 0 Å². The third kappa shape index (κ3) is 1.66. The van der Waals surface area contributed by atoms with Crippen molar-refractivity contribution < 1.29 is 14.0 Å².